The molecule has 0 amide bonds. The van der Waals surface area contributed by atoms with E-state index in [1.54, 1.807) is 0 Å². The second-order valence-corrected chi connectivity index (χ2v) is 6.60. The SMILES string of the molecule is CC(C)NCC1(CN(C)C2CCOCC2)CCOC1. The topological polar surface area (TPSA) is 33.7 Å². The first-order valence-corrected chi connectivity index (χ1v) is 7.70. The minimum atomic E-state index is 0.303. The van der Waals surface area contributed by atoms with Crippen LogP contribution >= 0.6 is 0 Å². The van der Waals surface area contributed by atoms with Crippen molar-refractivity contribution in [3.8, 4) is 0 Å². The van der Waals surface area contributed by atoms with Gasteiger partial charge in [0.15, 0.2) is 0 Å². The number of ether oxygens (including phenoxy) is 2. The van der Waals surface area contributed by atoms with Crippen LogP contribution in [0, 0.1) is 5.41 Å². The molecule has 1 unspecified atom stereocenters. The Hall–Kier alpha value is -0.160. The van der Waals surface area contributed by atoms with Crippen molar-refractivity contribution in [3.05, 3.63) is 0 Å². The first-order chi connectivity index (χ1) is 9.11. The third kappa shape index (κ3) is 4.42. The van der Waals surface area contributed by atoms with Crippen LogP contribution in [0.3, 0.4) is 0 Å². The van der Waals surface area contributed by atoms with Crippen LogP contribution in [0.4, 0.5) is 0 Å². The quantitative estimate of drug-likeness (QED) is 0.793. The summed E-state index contributed by atoms with van der Waals surface area (Å²) in [6.07, 6.45) is 3.52. The van der Waals surface area contributed by atoms with E-state index in [4.69, 9.17) is 9.47 Å². The molecule has 4 heteroatoms. The van der Waals surface area contributed by atoms with Gasteiger partial charge in [-0.3, -0.25) is 0 Å². The summed E-state index contributed by atoms with van der Waals surface area (Å²) >= 11 is 0. The van der Waals surface area contributed by atoms with Crippen LogP contribution in [0.2, 0.25) is 0 Å². The molecule has 0 radical (unpaired) electrons. The van der Waals surface area contributed by atoms with Crippen molar-refractivity contribution in [1.29, 1.82) is 0 Å². The maximum absolute atomic E-state index is 5.69. The monoisotopic (exact) mass is 270 g/mol. The van der Waals surface area contributed by atoms with Crippen LogP contribution in [-0.2, 0) is 9.47 Å². The predicted molar refractivity (Wildman–Crippen MR) is 77.5 cm³/mol. The molecule has 0 bridgehead atoms. The Bertz CT molecular complexity index is 259. The summed E-state index contributed by atoms with van der Waals surface area (Å²) in [5.41, 5.74) is 0.303. The summed E-state index contributed by atoms with van der Waals surface area (Å²) in [5, 5.41) is 3.61. The van der Waals surface area contributed by atoms with E-state index in [0.29, 0.717) is 17.5 Å². The lowest BCUT2D eigenvalue weighted by Gasteiger charge is -2.38. The van der Waals surface area contributed by atoms with E-state index in [-0.39, 0.29) is 0 Å². The average Bonchev–Trinajstić information content (AvgIpc) is 2.86. The fraction of sp³-hybridized carbons (Fsp3) is 1.00. The third-order valence-corrected chi connectivity index (χ3v) is 4.47. The molecular weight excluding hydrogens is 240 g/mol. The molecule has 0 aromatic heterocycles. The van der Waals surface area contributed by atoms with Gasteiger partial charge in [-0.15, -0.1) is 0 Å². The molecule has 2 aliphatic heterocycles. The fourth-order valence-corrected chi connectivity index (χ4v) is 3.17. The van der Waals surface area contributed by atoms with Crippen LogP contribution in [0.5, 0.6) is 0 Å². The van der Waals surface area contributed by atoms with Crippen molar-refractivity contribution in [1.82, 2.24) is 10.2 Å². The molecule has 0 aromatic rings. The summed E-state index contributed by atoms with van der Waals surface area (Å²) in [5.74, 6) is 0. The van der Waals surface area contributed by atoms with Crippen LogP contribution in [0.25, 0.3) is 0 Å². The highest BCUT2D eigenvalue weighted by atomic mass is 16.5. The summed E-state index contributed by atoms with van der Waals surface area (Å²) in [6, 6.07) is 1.23. The Kier molecular flexibility index (Phi) is 5.63. The van der Waals surface area contributed by atoms with Gasteiger partial charge in [0.05, 0.1) is 6.61 Å². The highest BCUT2D eigenvalue weighted by molar-refractivity contribution is 4.90. The number of nitrogens with zero attached hydrogens (tertiary/aromatic N) is 1. The molecule has 0 aliphatic carbocycles. The lowest BCUT2D eigenvalue weighted by atomic mass is 9.85. The molecule has 1 N–H and O–H groups in total. The van der Waals surface area contributed by atoms with Crippen LogP contribution < -0.4 is 5.32 Å². The molecule has 0 spiro atoms. The summed E-state index contributed by atoms with van der Waals surface area (Å²) in [6.45, 7) is 10.3. The molecule has 2 saturated heterocycles. The van der Waals surface area contributed by atoms with Crippen molar-refractivity contribution in [2.45, 2.75) is 45.2 Å². The molecule has 2 fully saturated rings. The summed E-state index contributed by atoms with van der Waals surface area (Å²) in [7, 11) is 2.27. The minimum Gasteiger partial charge on any atom is -0.381 e. The molecule has 19 heavy (non-hydrogen) atoms. The Balaban J connectivity index is 1.87. The zero-order chi connectivity index (χ0) is 13.7. The second-order valence-electron chi connectivity index (χ2n) is 6.60. The molecule has 2 heterocycles. The van der Waals surface area contributed by atoms with Crippen LogP contribution in [-0.4, -0.2) is 63.5 Å². The largest absolute Gasteiger partial charge is 0.381 e. The van der Waals surface area contributed by atoms with Gasteiger partial charge in [-0.25, -0.2) is 0 Å². The van der Waals surface area contributed by atoms with Crippen molar-refractivity contribution >= 4 is 0 Å². The van der Waals surface area contributed by atoms with Gasteiger partial charge in [-0.2, -0.15) is 0 Å². The van der Waals surface area contributed by atoms with E-state index in [1.165, 1.54) is 19.3 Å². The van der Waals surface area contributed by atoms with Gasteiger partial charge in [-0.05, 0) is 26.3 Å². The third-order valence-electron chi connectivity index (χ3n) is 4.47. The second kappa shape index (κ2) is 7.02. The Morgan fingerprint density at radius 1 is 1.21 bits per heavy atom. The molecule has 0 saturated carbocycles. The maximum Gasteiger partial charge on any atom is 0.0547 e. The lowest BCUT2D eigenvalue weighted by molar-refractivity contribution is 0.0242. The number of hydrogen-bond donors (Lipinski definition) is 1. The van der Waals surface area contributed by atoms with Crippen LogP contribution in [0.1, 0.15) is 33.1 Å². The van der Waals surface area contributed by atoms with Crippen molar-refractivity contribution < 1.29 is 9.47 Å². The molecule has 0 aromatic carbocycles. The maximum atomic E-state index is 5.69. The van der Waals surface area contributed by atoms with Gasteiger partial charge < -0.3 is 19.7 Å². The highest BCUT2D eigenvalue weighted by Gasteiger charge is 2.37. The van der Waals surface area contributed by atoms with Gasteiger partial charge in [-0.1, -0.05) is 13.8 Å². The van der Waals surface area contributed by atoms with E-state index < -0.39 is 0 Å². The van der Waals surface area contributed by atoms with E-state index in [2.05, 4.69) is 31.1 Å². The number of rotatable bonds is 6. The zero-order valence-electron chi connectivity index (χ0n) is 12.8. The standard InChI is InChI=1S/C15H30N2O2/c1-13(2)16-10-15(6-9-19-12-15)11-17(3)14-4-7-18-8-5-14/h13-14,16H,4-12H2,1-3H3. The molecular formula is C15H30N2O2. The van der Waals surface area contributed by atoms with Crippen molar-refractivity contribution in [3.63, 3.8) is 0 Å². The van der Waals surface area contributed by atoms with Gasteiger partial charge in [0.2, 0.25) is 0 Å². The Labute approximate surface area is 117 Å². The average molecular weight is 270 g/mol. The first kappa shape index (κ1) is 15.2. The minimum absolute atomic E-state index is 0.303. The van der Waals surface area contributed by atoms with Gasteiger partial charge in [0.25, 0.3) is 0 Å². The molecule has 2 aliphatic rings. The van der Waals surface area contributed by atoms with E-state index in [0.717, 1.165) is 39.5 Å². The zero-order valence-corrected chi connectivity index (χ0v) is 12.8. The summed E-state index contributed by atoms with van der Waals surface area (Å²) < 4.78 is 11.1. The molecule has 1 atom stereocenters. The smallest absolute Gasteiger partial charge is 0.0547 e. The predicted octanol–water partition coefficient (Wildman–Crippen LogP) is 1.50. The van der Waals surface area contributed by atoms with Gasteiger partial charge >= 0.3 is 0 Å². The lowest BCUT2D eigenvalue weighted by Crippen LogP contribution is -2.48. The molecule has 4 nitrogen and oxygen atoms in total. The highest BCUT2D eigenvalue weighted by Crippen LogP contribution is 2.30. The molecule has 112 valence electrons. The van der Waals surface area contributed by atoms with Gasteiger partial charge in [0.1, 0.15) is 0 Å². The number of hydrogen-bond acceptors (Lipinski definition) is 4. The van der Waals surface area contributed by atoms with Crippen LogP contribution in [0.15, 0.2) is 0 Å². The fourth-order valence-electron chi connectivity index (χ4n) is 3.17. The molecule has 2 rings (SSSR count). The number of nitrogens with one attached hydrogen (secondary N) is 1. The normalized spacial score (nSPS) is 29.5. The van der Waals surface area contributed by atoms with Crippen molar-refractivity contribution in [2.24, 2.45) is 5.41 Å². The van der Waals surface area contributed by atoms with Crippen molar-refractivity contribution in [2.75, 3.05) is 46.6 Å². The summed E-state index contributed by atoms with van der Waals surface area (Å²) in [4.78, 5) is 2.54. The van der Waals surface area contributed by atoms with E-state index >= 15 is 0 Å². The van der Waals surface area contributed by atoms with E-state index in [1.807, 2.05) is 0 Å². The Morgan fingerprint density at radius 2 is 1.95 bits per heavy atom. The Morgan fingerprint density at radius 3 is 2.53 bits per heavy atom. The first-order valence-electron chi connectivity index (χ1n) is 7.70. The van der Waals surface area contributed by atoms with Gasteiger partial charge in [0, 0.05) is 50.4 Å². The van der Waals surface area contributed by atoms with E-state index in [9.17, 15) is 0 Å².